The highest BCUT2D eigenvalue weighted by molar-refractivity contribution is 9.10. The largest absolute Gasteiger partial charge is 0.495 e. The molecule has 0 aliphatic heterocycles. The lowest BCUT2D eigenvalue weighted by molar-refractivity contribution is -0.141. The van der Waals surface area contributed by atoms with Crippen LogP contribution in [0.4, 0.5) is 10.5 Å². The third-order valence-corrected chi connectivity index (χ3v) is 4.18. The Balaban J connectivity index is 1.89. The molecule has 1 saturated carbocycles. The van der Waals surface area contributed by atoms with E-state index in [1.54, 1.807) is 25.3 Å². The minimum Gasteiger partial charge on any atom is -0.495 e. The van der Waals surface area contributed by atoms with Crippen molar-refractivity contribution >= 4 is 33.6 Å². The first-order valence-electron chi connectivity index (χ1n) is 6.63. The van der Waals surface area contributed by atoms with Crippen LogP contribution in [0.5, 0.6) is 5.75 Å². The number of methoxy groups -OCH3 is 1. The van der Waals surface area contributed by atoms with Crippen molar-refractivity contribution in [3.63, 3.8) is 0 Å². The van der Waals surface area contributed by atoms with Crippen molar-refractivity contribution in [3.05, 3.63) is 22.7 Å². The molecule has 0 saturated heterocycles. The van der Waals surface area contributed by atoms with Gasteiger partial charge in [0.05, 0.1) is 17.5 Å². The number of amides is 2. The molecule has 114 valence electrons. The van der Waals surface area contributed by atoms with Gasteiger partial charge in [-0.05, 0) is 47.3 Å². The summed E-state index contributed by atoms with van der Waals surface area (Å²) in [5, 5.41) is 14.5. The highest BCUT2D eigenvalue weighted by atomic mass is 79.9. The Labute approximate surface area is 131 Å². The second-order valence-electron chi connectivity index (χ2n) is 4.99. The van der Waals surface area contributed by atoms with E-state index in [0.717, 1.165) is 4.47 Å². The highest BCUT2D eigenvalue weighted by Crippen LogP contribution is 2.28. The summed E-state index contributed by atoms with van der Waals surface area (Å²) in [5.74, 6) is -0.528. The van der Waals surface area contributed by atoms with Gasteiger partial charge in [-0.1, -0.05) is 0 Å². The van der Waals surface area contributed by atoms with Crippen LogP contribution < -0.4 is 15.4 Å². The first-order valence-corrected chi connectivity index (χ1v) is 7.42. The number of urea groups is 1. The summed E-state index contributed by atoms with van der Waals surface area (Å²) in [6.45, 7) is 0. The molecule has 0 unspecified atom stereocenters. The van der Waals surface area contributed by atoms with Crippen LogP contribution in [-0.2, 0) is 4.79 Å². The van der Waals surface area contributed by atoms with Gasteiger partial charge in [0, 0.05) is 17.8 Å². The van der Waals surface area contributed by atoms with Crippen LogP contribution in [0, 0.1) is 5.92 Å². The predicted molar refractivity (Wildman–Crippen MR) is 81.6 cm³/mol. The molecule has 2 rings (SSSR count). The summed E-state index contributed by atoms with van der Waals surface area (Å²) in [6.07, 6.45) is 1.77. The highest BCUT2D eigenvalue weighted by Gasteiger charge is 2.30. The van der Waals surface area contributed by atoms with Crippen LogP contribution in [0.25, 0.3) is 0 Å². The summed E-state index contributed by atoms with van der Waals surface area (Å²) >= 11 is 3.34. The van der Waals surface area contributed by atoms with Crippen LogP contribution in [-0.4, -0.2) is 30.3 Å². The SMILES string of the molecule is COc1cc(NC(=O)N[C@H]2CC[C@@H](C(=O)O)C2)ccc1Br. The number of aliphatic carboxylic acids is 1. The molecule has 1 aliphatic rings. The molecule has 1 aliphatic carbocycles. The second-order valence-corrected chi connectivity index (χ2v) is 5.85. The van der Waals surface area contributed by atoms with Gasteiger partial charge in [-0.25, -0.2) is 4.79 Å². The van der Waals surface area contributed by atoms with Gasteiger partial charge in [-0.3, -0.25) is 4.79 Å². The number of benzene rings is 1. The summed E-state index contributed by atoms with van der Waals surface area (Å²) in [7, 11) is 1.55. The molecule has 0 radical (unpaired) electrons. The third kappa shape index (κ3) is 4.10. The fraction of sp³-hybridized carbons (Fsp3) is 0.429. The number of halogens is 1. The van der Waals surface area contributed by atoms with Gasteiger partial charge in [0.25, 0.3) is 0 Å². The Morgan fingerprint density at radius 1 is 1.38 bits per heavy atom. The van der Waals surface area contributed by atoms with E-state index in [1.165, 1.54) is 0 Å². The zero-order valence-electron chi connectivity index (χ0n) is 11.6. The maximum absolute atomic E-state index is 11.9. The standard InChI is InChI=1S/C14H17BrN2O4/c1-21-12-7-10(4-5-11(12)15)17-14(20)16-9-3-2-8(6-9)13(18)19/h4-5,7-9H,2-3,6H2,1H3,(H,18,19)(H2,16,17,20)/t8-,9+/m1/s1. The lowest BCUT2D eigenvalue weighted by atomic mass is 10.1. The molecule has 2 amide bonds. The van der Waals surface area contributed by atoms with Gasteiger partial charge in [0.15, 0.2) is 0 Å². The lowest BCUT2D eigenvalue weighted by Gasteiger charge is -2.14. The van der Waals surface area contributed by atoms with E-state index in [4.69, 9.17) is 9.84 Å². The number of anilines is 1. The first kappa shape index (κ1) is 15.6. The van der Waals surface area contributed by atoms with Crippen LogP contribution >= 0.6 is 15.9 Å². The van der Waals surface area contributed by atoms with E-state index in [1.807, 2.05) is 0 Å². The number of hydrogen-bond acceptors (Lipinski definition) is 3. The lowest BCUT2D eigenvalue weighted by Crippen LogP contribution is -2.36. The molecule has 6 nitrogen and oxygen atoms in total. The second kappa shape index (κ2) is 6.80. The molecule has 7 heteroatoms. The van der Waals surface area contributed by atoms with Crippen molar-refractivity contribution in [1.82, 2.24) is 5.32 Å². The zero-order valence-corrected chi connectivity index (χ0v) is 13.1. The Bertz CT molecular complexity index is 550. The number of carbonyl (C=O) groups is 2. The Kier molecular flexibility index (Phi) is 5.06. The third-order valence-electron chi connectivity index (χ3n) is 3.53. The van der Waals surface area contributed by atoms with Crippen LogP contribution in [0.15, 0.2) is 22.7 Å². The van der Waals surface area contributed by atoms with Crippen LogP contribution in [0.3, 0.4) is 0 Å². The molecule has 0 bridgehead atoms. The fourth-order valence-corrected chi connectivity index (χ4v) is 2.84. The summed E-state index contributed by atoms with van der Waals surface area (Å²) in [4.78, 5) is 22.8. The molecule has 0 spiro atoms. The van der Waals surface area contributed by atoms with E-state index in [2.05, 4.69) is 26.6 Å². The van der Waals surface area contributed by atoms with E-state index < -0.39 is 5.97 Å². The Morgan fingerprint density at radius 3 is 2.76 bits per heavy atom. The summed E-state index contributed by atoms with van der Waals surface area (Å²) in [5.41, 5.74) is 0.611. The van der Waals surface area contributed by atoms with Crippen LogP contribution in [0.1, 0.15) is 19.3 Å². The average Bonchev–Trinajstić information content (AvgIpc) is 2.89. The number of hydrogen-bond donors (Lipinski definition) is 3. The Morgan fingerprint density at radius 2 is 2.14 bits per heavy atom. The first-order chi connectivity index (χ1) is 9.99. The normalized spacial score (nSPS) is 20.9. The van der Waals surface area contributed by atoms with Crippen LogP contribution in [0.2, 0.25) is 0 Å². The van der Waals surface area contributed by atoms with Gasteiger partial charge in [-0.2, -0.15) is 0 Å². The summed E-state index contributed by atoms with van der Waals surface area (Å²) in [6, 6.07) is 4.81. The molecule has 21 heavy (non-hydrogen) atoms. The molecule has 3 N–H and O–H groups in total. The number of carbonyl (C=O) groups excluding carboxylic acids is 1. The van der Waals surface area contributed by atoms with Crippen molar-refractivity contribution in [2.24, 2.45) is 5.92 Å². The van der Waals surface area contributed by atoms with E-state index >= 15 is 0 Å². The number of carboxylic acid groups (broad SMARTS) is 1. The minimum absolute atomic E-state index is 0.0940. The van der Waals surface area contributed by atoms with Crippen molar-refractivity contribution in [1.29, 1.82) is 0 Å². The fourth-order valence-electron chi connectivity index (χ4n) is 2.43. The number of carboxylic acids is 1. The van der Waals surface area contributed by atoms with E-state index in [-0.39, 0.29) is 18.0 Å². The minimum atomic E-state index is -0.794. The molecule has 1 aromatic carbocycles. The molecule has 0 aromatic heterocycles. The maximum Gasteiger partial charge on any atom is 0.319 e. The van der Waals surface area contributed by atoms with Crippen molar-refractivity contribution in [3.8, 4) is 5.75 Å². The molecular formula is C14H17BrN2O4. The van der Waals surface area contributed by atoms with Gasteiger partial charge in [-0.15, -0.1) is 0 Å². The smallest absolute Gasteiger partial charge is 0.319 e. The van der Waals surface area contributed by atoms with Gasteiger partial charge in [0.1, 0.15) is 5.75 Å². The average molecular weight is 357 g/mol. The molecule has 0 heterocycles. The molecular weight excluding hydrogens is 340 g/mol. The topological polar surface area (TPSA) is 87.7 Å². The number of nitrogens with one attached hydrogen (secondary N) is 2. The van der Waals surface area contributed by atoms with Gasteiger partial charge < -0.3 is 20.5 Å². The summed E-state index contributed by atoms with van der Waals surface area (Å²) < 4.78 is 5.96. The Hall–Kier alpha value is -1.76. The number of ether oxygens (including phenoxy) is 1. The monoisotopic (exact) mass is 356 g/mol. The predicted octanol–water partition coefficient (Wildman–Crippen LogP) is 2.83. The van der Waals surface area contributed by atoms with Gasteiger partial charge >= 0.3 is 12.0 Å². The molecule has 2 atom stereocenters. The quantitative estimate of drug-likeness (QED) is 0.773. The van der Waals surface area contributed by atoms with E-state index in [0.29, 0.717) is 30.7 Å². The van der Waals surface area contributed by atoms with Crippen molar-refractivity contribution < 1.29 is 19.4 Å². The maximum atomic E-state index is 11.9. The van der Waals surface area contributed by atoms with E-state index in [9.17, 15) is 9.59 Å². The number of rotatable bonds is 4. The molecule has 1 aromatic rings. The van der Waals surface area contributed by atoms with Crippen molar-refractivity contribution in [2.45, 2.75) is 25.3 Å². The van der Waals surface area contributed by atoms with Crippen molar-refractivity contribution in [2.75, 3.05) is 12.4 Å². The molecule has 1 fully saturated rings. The zero-order chi connectivity index (χ0) is 15.4. The van der Waals surface area contributed by atoms with Gasteiger partial charge in [0.2, 0.25) is 0 Å².